The van der Waals surface area contributed by atoms with Gasteiger partial charge in [0.2, 0.25) is 0 Å². The Kier molecular flexibility index (Phi) is 5.44. The second-order valence-corrected chi connectivity index (χ2v) is 6.42. The molecule has 0 saturated heterocycles. The van der Waals surface area contributed by atoms with Gasteiger partial charge in [-0.1, -0.05) is 47.5 Å². The smallest absolute Gasteiger partial charge is 0.119 e. The zero-order chi connectivity index (χ0) is 16.9. The summed E-state index contributed by atoms with van der Waals surface area (Å²) < 4.78 is 5.71. The number of para-hydroxylation sites is 1. The van der Waals surface area contributed by atoms with Gasteiger partial charge in [-0.05, 0) is 36.8 Å². The molecule has 0 aliphatic rings. The fourth-order valence-electron chi connectivity index (χ4n) is 2.48. The predicted octanol–water partition coefficient (Wildman–Crippen LogP) is 5.24. The highest BCUT2D eigenvalue weighted by Gasteiger charge is 2.10. The molecule has 0 bridgehead atoms. The topological polar surface area (TPSA) is 37.9 Å². The van der Waals surface area contributed by atoms with Crippen LogP contribution in [0.1, 0.15) is 22.8 Å². The summed E-state index contributed by atoms with van der Waals surface area (Å²) in [5.41, 5.74) is 3.06. The van der Waals surface area contributed by atoms with Gasteiger partial charge in [0.05, 0.1) is 12.3 Å². The Balaban J connectivity index is 1.62. The number of aromatic amines is 1. The third-order valence-electron chi connectivity index (χ3n) is 3.76. The lowest BCUT2D eigenvalue weighted by Crippen LogP contribution is -2.02. The number of benzene rings is 2. The summed E-state index contributed by atoms with van der Waals surface area (Å²) in [5.74, 6) is 1.79. The molecule has 5 heteroatoms. The third-order valence-corrected chi connectivity index (χ3v) is 4.35. The number of hydrogen-bond donors (Lipinski definition) is 1. The lowest BCUT2D eigenvalue weighted by Gasteiger charge is -2.04. The molecule has 2 aromatic carbocycles. The number of nitrogens with zero attached hydrogens (tertiary/aromatic N) is 1. The Morgan fingerprint density at radius 1 is 1.08 bits per heavy atom. The van der Waals surface area contributed by atoms with Crippen LogP contribution in [-0.4, -0.2) is 16.6 Å². The van der Waals surface area contributed by atoms with E-state index < -0.39 is 0 Å². The van der Waals surface area contributed by atoms with Gasteiger partial charge in [-0.25, -0.2) is 4.98 Å². The molecule has 0 aliphatic carbocycles. The molecule has 1 heterocycles. The molecule has 0 amide bonds. The van der Waals surface area contributed by atoms with E-state index in [-0.39, 0.29) is 0 Å². The van der Waals surface area contributed by atoms with E-state index in [4.69, 9.17) is 27.9 Å². The van der Waals surface area contributed by atoms with Gasteiger partial charge < -0.3 is 9.72 Å². The standard InChI is InChI=1S/C19H18Cl2N2O/c1-13-18(11-14-7-8-15(20)12-17(14)21)23-19(22-13)9-10-24-16-5-3-2-4-6-16/h2-8,12H,9-11H2,1H3,(H,22,23). The van der Waals surface area contributed by atoms with Gasteiger partial charge >= 0.3 is 0 Å². The number of aromatic nitrogens is 2. The number of ether oxygens (including phenoxy) is 1. The summed E-state index contributed by atoms with van der Waals surface area (Å²) in [6.07, 6.45) is 1.40. The van der Waals surface area contributed by atoms with Crippen LogP contribution in [0.2, 0.25) is 10.0 Å². The largest absolute Gasteiger partial charge is 0.493 e. The van der Waals surface area contributed by atoms with Crippen LogP contribution < -0.4 is 4.74 Å². The van der Waals surface area contributed by atoms with Gasteiger partial charge in [0.1, 0.15) is 11.6 Å². The minimum absolute atomic E-state index is 0.581. The molecule has 3 nitrogen and oxygen atoms in total. The molecule has 0 fully saturated rings. The van der Waals surface area contributed by atoms with Crippen molar-refractivity contribution in [1.82, 2.24) is 9.97 Å². The first-order valence-electron chi connectivity index (χ1n) is 7.78. The highest BCUT2D eigenvalue weighted by atomic mass is 35.5. The molecule has 0 atom stereocenters. The van der Waals surface area contributed by atoms with Gasteiger partial charge in [0.25, 0.3) is 0 Å². The zero-order valence-electron chi connectivity index (χ0n) is 13.4. The van der Waals surface area contributed by atoms with Gasteiger partial charge in [-0.15, -0.1) is 0 Å². The summed E-state index contributed by atoms with van der Waals surface area (Å²) in [6, 6.07) is 15.3. The van der Waals surface area contributed by atoms with E-state index in [2.05, 4.69) is 9.97 Å². The average Bonchev–Trinajstić information content (AvgIpc) is 2.91. The Labute approximate surface area is 151 Å². The number of halogens is 2. The second kappa shape index (κ2) is 7.73. The zero-order valence-corrected chi connectivity index (χ0v) is 14.9. The van der Waals surface area contributed by atoms with Crippen molar-refractivity contribution in [2.24, 2.45) is 0 Å². The van der Waals surface area contributed by atoms with Crippen molar-refractivity contribution >= 4 is 23.2 Å². The Bertz CT molecular complexity index is 815. The number of rotatable bonds is 6. The van der Waals surface area contributed by atoms with Crippen molar-refractivity contribution in [2.45, 2.75) is 19.8 Å². The minimum Gasteiger partial charge on any atom is -0.493 e. The monoisotopic (exact) mass is 360 g/mol. The van der Waals surface area contributed by atoms with E-state index in [0.717, 1.165) is 34.9 Å². The lowest BCUT2D eigenvalue weighted by atomic mass is 10.1. The molecular weight excluding hydrogens is 343 g/mol. The van der Waals surface area contributed by atoms with Crippen molar-refractivity contribution in [3.8, 4) is 5.75 Å². The van der Waals surface area contributed by atoms with E-state index in [1.54, 1.807) is 6.07 Å². The summed E-state index contributed by atoms with van der Waals surface area (Å²) >= 11 is 12.2. The van der Waals surface area contributed by atoms with Crippen LogP contribution in [0.4, 0.5) is 0 Å². The fourth-order valence-corrected chi connectivity index (χ4v) is 2.96. The average molecular weight is 361 g/mol. The molecule has 0 unspecified atom stereocenters. The maximum Gasteiger partial charge on any atom is 0.119 e. The molecule has 3 rings (SSSR count). The molecule has 0 aliphatic heterocycles. The van der Waals surface area contributed by atoms with Crippen molar-refractivity contribution in [3.63, 3.8) is 0 Å². The molecule has 1 aromatic heterocycles. The second-order valence-electron chi connectivity index (χ2n) is 5.58. The molecule has 0 saturated carbocycles. The summed E-state index contributed by atoms with van der Waals surface area (Å²) in [6.45, 7) is 2.60. The van der Waals surface area contributed by atoms with E-state index in [1.807, 2.05) is 49.4 Å². The van der Waals surface area contributed by atoms with Gasteiger partial charge in [-0.3, -0.25) is 0 Å². The number of H-pyrrole nitrogens is 1. The normalized spacial score (nSPS) is 10.8. The Hall–Kier alpha value is -1.97. The van der Waals surface area contributed by atoms with Crippen LogP contribution in [0, 0.1) is 6.92 Å². The molecule has 0 spiro atoms. The number of imidazole rings is 1. The van der Waals surface area contributed by atoms with Crippen LogP contribution >= 0.6 is 23.2 Å². The third kappa shape index (κ3) is 4.31. The highest BCUT2D eigenvalue weighted by Crippen LogP contribution is 2.24. The van der Waals surface area contributed by atoms with Crippen molar-refractivity contribution in [1.29, 1.82) is 0 Å². The molecule has 24 heavy (non-hydrogen) atoms. The van der Waals surface area contributed by atoms with Crippen LogP contribution in [-0.2, 0) is 12.8 Å². The molecule has 124 valence electrons. The van der Waals surface area contributed by atoms with Gasteiger partial charge in [-0.2, -0.15) is 0 Å². The lowest BCUT2D eigenvalue weighted by molar-refractivity contribution is 0.319. The molecule has 3 aromatic rings. The quantitative estimate of drug-likeness (QED) is 0.652. The van der Waals surface area contributed by atoms with E-state index in [0.29, 0.717) is 23.1 Å². The summed E-state index contributed by atoms with van der Waals surface area (Å²) in [4.78, 5) is 7.99. The van der Waals surface area contributed by atoms with Gasteiger partial charge in [0, 0.05) is 28.6 Å². The first-order valence-corrected chi connectivity index (χ1v) is 8.53. The molecule has 0 radical (unpaired) electrons. The minimum atomic E-state index is 0.581. The fraction of sp³-hybridized carbons (Fsp3) is 0.211. The van der Waals surface area contributed by atoms with Crippen molar-refractivity contribution in [3.05, 3.63) is 81.4 Å². The maximum absolute atomic E-state index is 6.25. The van der Waals surface area contributed by atoms with Gasteiger partial charge in [0.15, 0.2) is 0 Å². The highest BCUT2D eigenvalue weighted by molar-refractivity contribution is 6.35. The number of hydrogen-bond acceptors (Lipinski definition) is 2. The predicted molar refractivity (Wildman–Crippen MR) is 98.2 cm³/mol. The summed E-state index contributed by atoms with van der Waals surface area (Å²) in [7, 11) is 0. The van der Waals surface area contributed by atoms with Crippen LogP contribution in [0.3, 0.4) is 0 Å². The van der Waals surface area contributed by atoms with E-state index in [1.165, 1.54) is 0 Å². The molecular formula is C19H18Cl2N2O. The van der Waals surface area contributed by atoms with Crippen molar-refractivity contribution in [2.75, 3.05) is 6.61 Å². The first-order chi connectivity index (χ1) is 11.6. The Morgan fingerprint density at radius 2 is 1.88 bits per heavy atom. The van der Waals surface area contributed by atoms with Crippen LogP contribution in [0.15, 0.2) is 48.5 Å². The maximum atomic E-state index is 6.25. The number of nitrogens with one attached hydrogen (secondary N) is 1. The Morgan fingerprint density at radius 3 is 2.62 bits per heavy atom. The summed E-state index contributed by atoms with van der Waals surface area (Å²) in [5, 5.41) is 1.31. The van der Waals surface area contributed by atoms with Crippen molar-refractivity contribution < 1.29 is 4.74 Å². The van der Waals surface area contributed by atoms with E-state index >= 15 is 0 Å². The molecule has 1 N–H and O–H groups in total. The van der Waals surface area contributed by atoms with E-state index in [9.17, 15) is 0 Å². The SMILES string of the molecule is Cc1[nH]c(CCOc2ccccc2)nc1Cc1ccc(Cl)cc1Cl. The van der Waals surface area contributed by atoms with Crippen LogP contribution in [0.5, 0.6) is 5.75 Å². The number of aryl methyl sites for hydroxylation is 1. The first kappa shape index (κ1) is 16.9. The van der Waals surface area contributed by atoms with Crippen LogP contribution in [0.25, 0.3) is 0 Å².